The Morgan fingerprint density at radius 2 is 1.46 bits per heavy atom. The maximum absolute atomic E-state index is 12.2. The van der Waals surface area contributed by atoms with E-state index in [0.717, 1.165) is 0 Å². The van der Waals surface area contributed by atoms with Crippen molar-refractivity contribution in [2.45, 2.75) is 13.0 Å². The molecule has 0 saturated carbocycles. The van der Waals surface area contributed by atoms with Gasteiger partial charge in [0.05, 0.1) is 11.1 Å². The molecule has 2 N–H and O–H groups in total. The number of rotatable bonds is 4. The summed E-state index contributed by atoms with van der Waals surface area (Å²) in [5, 5.41) is 5.33. The number of carbonyl (C=O) groups is 4. The first-order valence-corrected chi connectivity index (χ1v) is 7.79. The van der Waals surface area contributed by atoms with Crippen LogP contribution in [0, 0.1) is 0 Å². The molecule has 1 aliphatic heterocycles. The lowest BCUT2D eigenvalue weighted by molar-refractivity contribution is -0.170. The van der Waals surface area contributed by atoms with E-state index in [-0.39, 0.29) is 11.1 Å². The Kier molecular flexibility index (Phi) is 4.66. The van der Waals surface area contributed by atoms with Gasteiger partial charge in [-0.3, -0.25) is 9.59 Å². The Hall–Kier alpha value is -3.68. The van der Waals surface area contributed by atoms with E-state index in [4.69, 9.17) is 4.84 Å². The highest BCUT2D eigenvalue weighted by molar-refractivity contribution is 6.20. The molecule has 1 aliphatic rings. The van der Waals surface area contributed by atoms with Gasteiger partial charge in [0.15, 0.2) is 0 Å². The van der Waals surface area contributed by atoms with Crippen molar-refractivity contribution in [3.05, 3.63) is 65.7 Å². The normalized spacial score (nSPS) is 13.8. The molecule has 0 saturated heterocycles. The molecule has 132 valence electrons. The van der Waals surface area contributed by atoms with Gasteiger partial charge in [0, 0.05) is 5.69 Å². The van der Waals surface area contributed by atoms with E-state index < -0.39 is 29.9 Å². The van der Waals surface area contributed by atoms with Crippen molar-refractivity contribution in [1.29, 1.82) is 0 Å². The molecule has 3 rings (SSSR count). The average molecular weight is 353 g/mol. The highest BCUT2D eigenvalue weighted by Crippen LogP contribution is 2.22. The molecule has 0 spiro atoms. The number of fused-ring (bicyclic) bond motifs is 1. The summed E-state index contributed by atoms with van der Waals surface area (Å²) in [6.45, 7) is 1.38. The first-order chi connectivity index (χ1) is 12.5. The number of nitrogens with one attached hydrogen (secondary N) is 2. The van der Waals surface area contributed by atoms with Crippen molar-refractivity contribution in [2.24, 2.45) is 0 Å². The SMILES string of the molecule is CC(NC(=O)Nc1ccccc1)C(=O)ON1C(=O)c2ccccc2C1=O. The molecule has 8 heteroatoms. The molecule has 26 heavy (non-hydrogen) atoms. The van der Waals surface area contributed by atoms with E-state index in [9.17, 15) is 19.2 Å². The Morgan fingerprint density at radius 3 is 2.04 bits per heavy atom. The monoisotopic (exact) mass is 353 g/mol. The maximum Gasteiger partial charge on any atom is 0.355 e. The minimum atomic E-state index is -1.08. The summed E-state index contributed by atoms with van der Waals surface area (Å²) in [6.07, 6.45) is 0. The van der Waals surface area contributed by atoms with Gasteiger partial charge in [-0.15, -0.1) is 0 Å². The topological polar surface area (TPSA) is 105 Å². The fraction of sp³-hybridized carbons (Fsp3) is 0.111. The molecule has 1 heterocycles. The minimum absolute atomic E-state index is 0.160. The van der Waals surface area contributed by atoms with Crippen LogP contribution in [-0.4, -0.2) is 34.9 Å². The fourth-order valence-corrected chi connectivity index (χ4v) is 2.36. The number of para-hydroxylation sites is 1. The Bertz CT molecular complexity index is 846. The second-order valence-corrected chi connectivity index (χ2v) is 5.55. The maximum atomic E-state index is 12.2. The zero-order chi connectivity index (χ0) is 18.7. The summed E-state index contributed by atoms with van der Waals surface area (Å²) in [5.74, 6) is -2.39. The number of hydrogen-bond donors (Lipinski definition) is 2. The molecule has 0 bridgehead atoms. The van der Waals surface area contributed by atoms with Gasteiger partial charge in [0.1, 0.15) is 6.04 Å². The summed E-state index contributed by atoms with van der Waals surface area (Å²) in [7, 11) is 0. The molecule has 1 unspecified atom stereocenters. The first-order valence-electron chi connectivity index (χ1n) is 7.79. The van der Waals surface area contributed by atoms with E-state index in [1.165, 1.54) is 19.1 Å². The van der Waals surface area contributed by atoms with Gasteiger partial charge >= 0.3 is 12.0 Å². The lowest BCUT2D eigenvalue weighted by Crippen LogP contribution is -2.45. The molecule has 2 aromatic rings. The smallest absolute Gasteiger partial charge is 0.327 e. The fourth-order valence-electron chi connectivity index (χ4n) is 2.36. The van der Waals surface area contributed by atoms with Crippen LogP contribution in [0.1, 0.15) is 27.6 Å². The second-order valence-electron chi connectivity index (χ2n) is 5.55. The van der Waals surface area contributed by atoms with E-state index in [2.05, 4.69) is 10.6 Å². The number of hydroxylamine groups is 2. The standard InChI is InChI=1S/C18H15N3O5/c1-11(19-18(25)20-12-7-3-2-4-8-12)17(24)26-21-15(22)13-9-5-6-10-14(13)16(21)23/h2-11H,1H3,(H2,19,20,25). The summed E-state index contributed by atoms with van der Waals surface area (Å²) >= 11 is 0. The van der Waals surface area contributed by atoms with Gasteiger partial charge in [-0.05, 0) is 31.2 Å². The van der Waals surface area contributed by atoms with Crippen LogP contribution in [0.25, 0.3) is 0 Å². The highest BCUT2D eigenvalue weighted by atomic mass is 16.7. The van der Waals surface area contributed by atoms with Crippen molar-refractivity contribution >= 4 is 29.5 Å². The number of benzene rings is 2. The first kappa shape index (κ1) is 17.2. The van der Waals surface area contributed by atoms with E-state index in [1.54, 1.807) is 42.5 Å². The van der Waals surface area contributed by atoms with E-state index >= 15 is 0 Å². The molecule has 8 nitrogen and oxygen atoms in total. The van der Waals surface area contributed by atoms with Gasteiger partial charge < -0.3 is 15.5 Å². The van der Waals surface area contributed by atoms with Gasteiger partial charge in [0.25, 0.3) is 11.8 Å². The van der Waals surface area contributed by atoms with Crippen LogP contribution in [0.3, 0.4) is 0 Å². The minimum Gasteiger partial charge on any atom is -0.327 e. The zero-order valence-electron chi connectivity index (χ0n) is 13.8. The Morgan fingerprint density at radius 1 is 0.923 bits per heavy atom. The van der Waals surface area contributed by atoms with Gasteiger partial charge in [-0.1, -0.05) is 35.4 Å². The summed E-state index contributed by atoms with van der Waals surface area (Å²) in [4.78, 5) is 53.2. The van der Waals surface area contributed by atoms with Crippen molar-refractivity contribution in [3.8, 4) is 0 Å². The largest absolute Gasteiger partial charge is 0.355 e. The third-order valence-corrected chi connectivity index (χ3v) is 3.67. The third kappa shape index (κ3) is 3.39. The second kappa shape index (κ2) is 7.06. The number of urea groups is 1. The van der Waals surface area contributed by atoms with Crippen molar-refractivity contribution in [2.75, 3.05) is 5.32 Å². The van der Waals surface area contributed by atoms with Crippen LogP contribution < -0.4 is 10.6 Å². The van der Waals surface area contributed by atoms with Crippen LogP contribution >= 0.6 is 0 Å². The average Bonchev–Trinajstić information content (AvgIpc) is 2.87. The third-order valence-electron chi connectivity index (χ3n) is 3.67. The molecule has 1 atom stereocenters. The summed E-state index contributed by atoms with van der Waals surface area (Å²) in [6, 6.07) is 13.1. The predicted molar refractivity (Wildman–Crippen MR) is 91.1 cm³/mol. The van der Waals surface area contributed by atoms with Gasteiger partial charge in [-0.25, -0.2) is 9.59 Å². The Labute approximate surface area is 148 Å². The van der Waals surface area contributed by atoms with Crippen molar-refractivity contribution < 1.29 is 24.0 Å². The number of imide groups is 1. The van der Waals surface area contributed by atoms with Crippen LogP contribution in [0.5, 0.6) is 0 Å². The summed E-state index contributed by atoms with van der Waals surface area (Å²) < 4.78 is 0. The molecule has 0 fully saturated rings. The van der Waals surface area contributed by atoms with Gasteiger partial charge in [-0.2, -0.15) is 0 Å². The molecular formula is C18H15N3O5. The van der Waals surface area contributed by atoms with Crippen LogP contribution in [0.15, 0.2) is 54.6 Å². The number of hydrogen-bond acceptors (Lipinski definition) is 5. The molecule has 0 aliphatic carbocycles. The van der Waals surface area contributed by atoms with Crippen LogP contribution in [-0.2, 0) is 9.63 Å². The zero-order valence-corrected chi connectivity index (χ0v) is 13.8. The predicted octanol–water partition coefficient (Wildman–Crippen LogP) is 1.95. The number of carbonyl (C=O) groups excluding carboxylic acids is 4. The number of anilines is 1. The molecular weight excluding hydrogens is 338 g/mol. The van der Waals surface area contributed by atoms with Crippen LogP contribution in [0.2, 0.25) is 0 Å². The molecule has 0 radical (unpaired) electrons. The van der Waals surface area contributed by atoms with Crippen molar-refractivity contribution in [3.63, 3.8) is 0 Å². The lowest BCUT2D eigenvalue weighted by atomic mass is 10.1. The van der Waals surface area contributed by atoms with E-state index in [0.29, 0.717) is 10.8 Å². The number of nitrogens with zero attached hydrogens (tertiary/aromatic N) is 1. The van der Waals surface area contributed by atoms with Crippen LogP contribution in [0.4, 0.5) is 10.5 Å². The van der Waals surface area contributed by atoms with E-state index in [1.807, 2.05) is 0 Å². The Balaban J connectivity index is 1.59. The lowest BCUT2D eigenvalue weighted by Gasteiger charge is -2.17. The molecule has 0 aromatic heterocycles. The van der Waals surface area contributed by atoms with Crippen molar-refractivity contribution in [1.82, 2.24) is 10.4 Å². The highest BCUT2D eigenvalue weighted by Gasteiger charge is 2.39. The molecule has 2 aromatic carbocycles. The molecule has 4 amide bonds. The van der Waals surface area contributed by atoms with Gasteiger partial charge in [0.2, 0.25) is 0 Å². The number of amides is 4. The quantitative estimate of drug-likeness (QED) is 0.818. The summed E-state index contributed by atoms with van der Waals surface area (Å²) in [5.41, 5.74) is 0.867.